The van der Waals surface area contributed by atoms with Gasteiger partial charge in [-0.1, -0.05) is 19.1 Å². The van der Waals surface area contributed by atoms with E-state index >= 15 is 0 Å². The number of methoxy groups -OCH3 is 1. The molecule has 0 aliphatic carbocycles. The van der Waals surface area contributed by atoms with E-state index in [-0.39, 0.29) is 12.6 Å². The van der Waals surface area contributed by atoms with Gasteiger partial charge in [0.2, 0.25) is 0 Å². The van der Waals surface area contributed by atoms with E-state index in [0.29, 0.717) is 6.04 Å². The molecule has 96 valence electrons. The normalized spacial score (nSPS) is 14.4. The second-order valence-electron chi connectivity index (χ2n) is 4.44. The van der Waals surface area contributed by atoms with Gasteiger partial charge in [0, 0.05) is 6.04 Å². The van der Waals surface area contributed by atoms with Crippen LogP contribution in [-0.2, 0) is 0 Å². The number of aliphatic hydroxyl groups is 1. The van der Waals surface area contributed by atoms with Gasteiger partial charge in [-0.2, -0.15) is 0 Å². The third-order valence-electron chi connectivity index (χ3n) is 3.10. The van der Waals surface area contributed by atoms with Crippen molar-refractivity contribution in [1.82, 2.24) is 5.32 Å². The van der Waals surface area contributed by atoms with Crippen LogP contribution in [0.25, 0.3) is 0 Å². The van der Waals surface area contributed by atoms with Gasteiger partial charge in [0.05, 0.1) is 19.8 Å². The summed E-state index contributed by atoms with van der Waals surface area (Å²) in [6.07, 6.45) is 1.05. The van der Waals surface area contributed by atoms with Crippen LogP contribution < -0.4 is 10.1 Å². The molecule has 0 radical (unpaired) electrons. The molecule has 0 saturated heterocycles. The van der Waals surface area contributed by atoms with Gasteiger partial charge in [-0.15, -0.1) is 0 Å². The van der Waals surface area contributed by atoms with E-state index < -0.39 is 0 Å². The number of nitrogens with one attached hydrogen (secondary N) is 1. The Bertz CT molecular complexity index is 352. The van der Waals surface area contributed by atoms with Gasteiger partial charge < -0.3 is 15.2 Å². The summed E-state index contributed by atoms with van der Waals surface area (Å²) in [4.78, 5) is 0. The zero-order valence-corrected chi connectivity index (χ0v) is 11.2. The summed E-state index contributed by atoms with van der Waals surface area (Å²) in [6, 6.07) is 6.41. The van der Waals surface area contributed by atoms with Crippen molar-refractivity contribution in [2.45, 2.75) is 39.3 Å². The molecule has 0 aliphatic rings. The Morgan fingerprint density at radius 2 is 2.12 bits per heavy atom. The predicted octanol–water partition coefficient (Wildman–Crippen LogP) is 2.43. The molecule has 3 heteroatoms. The molecule has 0 aliphatic heterocycles. The molecule has 0 spiro atoms. The number of aryl methyl sites for hydroxylation is 1. The molecule has 0 fully saturated rings. The van der Waals surface area contributed by atoms with Crippen molar-refractivity contribution in [1.29, 1.82) is 0 Å². The van der Waals surface area contributed by atoms with Gasteiger partial charge in [-0.3, -0.25) is 0 Å². The Hall–Kier alpha value is -1.06. The fourth-order valence-electron chi connectivity index (χ4n) is 1.83. The van der Waals surface area contributed by atoms with Crippen molar-refractivity contribution >= 4 is 0 Å². The summed E-state index contributed by atoms with van der Waals surface area (Å²) in [7, 11) is 1.67. The second-order valence-corrected chi connectivity index (χ2v) is 4.44. The number of hydrogen-bond donors (Lipinski definition) is 2. The largest absolute Gasteiger partial charge is 0.496 e. The van der Waals surface area contributed by atoms with Crippen molar-refractivity contribution in [3.05, 3.63) is 29.3 Å². The van der Waals surface area contributed by atoms with Crippen molar-refractivity contribution in [3.63, 3.8) is 0 Å². The van der Waals surface area contributed by atoms with Gasteiger partial charge in [0.25, 0.3) is 0 Å². The quantitative estimate of drug-likeness (QED) is 0.798. The number of aliphatic hydroxyl groups excluding tert-OH is 1. The fraction of sp³-hybridized carbons (Fsp3) is 0.571. The monoisotopic (exact) mass is 237 g/mol. The van der Waals surface area contributed by atoms with Gasteiger partial charge in [0.15, 0.2) is 0 Å². The zero-order chi connectivity index (χ0) is 12.8. The summed E-state index contributed by atoms with van der Waals surface area (Å²) >= 11 is 0. The van der Waals surface area contributed by atoms with Crippen LogP contribution in [0.5, 0.6) is 5.75 Å². The number of hydrogen-bond acceptors (Lipinski definition) is 3. The molecule has 0 aromatic heterocycles. The first-order valence-corrected chi connectivity index (χ1v) is 6.13. The van der Waals surface area contributed by atoms with E-state index in [1.54, 1.807) is 7.11 Å². The highest BCUT2D eigenvalue weighted by Crippen LogP contribution is 2.22. The Kier molecular flexibility index (Phi) is 5.45. The average molecular weight is 237 g/mol. The number of benzene rings is 1. The van der Waals surface area contributed by atoms with E-state index in [9.17, 15) is 5.11 Å². The van der Waals surface area contributed by atoms with Crippen molar-refractivity contribution in [2.24, 2.45) is 0 Å². The van der Waals surface area contributed by atoms with Gasteiger partial charge in [-0.25, -0.2) is 0 Å². The van der Waals surface area contributed by atoms with Crippen LogP contribution in [0.4, 0.5) is 0 Å². The van der Waals surface area contributed by atoms with Gasteiger partial charge in [0.1, 0.15) is 5.75 Å². The maximum Gasteiger partial charge on any atom is 0.121 e. The minimum absolute atomic E-state index is 0.00504. The zero-order valence-electron chi connectivity index (χ0n) is 11.2. The Morgan fingerprint density at radius 1 is 1.41 bits per heavy atom. The molecular weight excluding hydrogens is 214 g/mol. The van der Waals surface area contributed by atoms with E-state index in [2.05, 4.69) is 25.2 Å². The van der Waals surface area contributed by atoms with Crippen molar-refractivity contribution in [2.75, 3.05) is 13.7 Å². The summed E-state index contributed by atoms with van der Waals surface area (Å²) in [6.45, 7) is 6.38. The van der Waals surface area contributed by atoms with Crippen LogP contribution in [0.1, 0.15) is 37.4 Å². The van der Waals surface area contributed by atoms with Crippen molar-refractivity contribution in [3.8, 4) is 5.75 Å². The lowest BCUT2D eigenvalue weighted by Gasteiger charge is -2.22. The van der Waals surface area contributed by atoms with Crippen LogP contribution >= 0.6 is 0 Å². The molecule has 0 bridgehead atoms. The molecular formula is C14H23NO2. The molecule has 3 nitrogen and oxygen atoms in total. The first kappa shape index (κ1) is 14.0. The second kappa shape index (κ2) is 6.62. The Morgan fingerprint density at radius 3 is 2.59 bits per heavy atom. The first-order valence-electron chi connectivity index (χ1n) is 6.13. The third kappa shape index (κ3) is 3.72. The number of rotatable bonds is 6. The van der Waals surface area contributed by atoms with E-state index in [1.165, 1.54) is 0 Å². The molecule has 17 heavy (non-hydrogen) atoms. The SMILES string of the molecule is CCC(C)NC(CO)c1ccc(OC)c(C)c1. The molecule has 0 saturated carbocycles. The maximum atomic E-state index is 9.45. The highest BCUT2D eigenvalue weighted by molar-refractivity contribution is 5.37. The van der Waals surface area contributed by atoms with Crippen LogP contribution in [0.3, 0.4) is 0 Å². The van der Waals surface area contributed by atoms with Gasteiger partial charge >= 0.3 is 0 Å². The lowest BCUT2D eigenvalue weighted by molar-refractivity contribution is 0.234. The van der Waals surface area contributed by atoms with E-state index in [4.69, 9.17) is 4.74 Å². The van der Waals surface area contributed by atoms with Crippen molar-refractivity contribution < 1.29 is 9.84 Å². The molecule has 2 atom stereocenters. The van der Waals surface area contributed by atoms with Crippen LogP contribution in [-0.4, -0.2) is 24.9 Å². The minimum Gasteiger partial charge on any atom is -0.496 e. The van der Waals surface area contributed by atoms with Crippen LogP contribution in [0.2, 0.25) is 0 Å². The maximum absolute atomic E-state index is 9.45. The first-order chi connectivity index (χ1) is 8.12. The highest BCUT2D eigenvalue weighted by atomic mass is 16.5. The lowest BCUT2D eigenvalue weighted by atomic mass is 10.0. The molecule has 2 N–H and O–H groups in total. The third-order valence-corrected chi connectivity index (χ3v) is 3.10. The smallest absolute Gasteiger partial charge is 0.121 e. The molecule has 1 aromatic carbocycles. The molecule has 2 unspecified atom stereocenters. The van der Waals surface area contributed by atoms with Crippen LogP contribution in [0.15, 0.2) is 18.2 Å². The lowest BCUT2D eigenvalue weighted by Crippen LogP contribution is -2.32. The topological polar surface area (TPSA) is 41.5 Å². The Balaban J connectivity index is 2.85. The predicted molar refractivity (Wildman–Crippen MR) is 70.4 cm³/mol. The fourth-order valence-corrected chi connectivity index (χ4v) is 1.83. The van der Waals surface area contributed by atoms with Gasteiger partial charge in [-0.05, 0) is 37.5 Å². The highest BCUT2D eigenvalue weighted by Gasteiger charge is 2.13. The summed E-state index contributed by atoms with van der Waals surface area (Å²) < 4.78 is 5.23. The molecule has 0 amide bonds. The summed E-state index contributed by atoms with van der Waals surface area (Å²) in [5.41, 5.74) is 2.19. The average Bonchev–Trinajstić information content (AvgIpc) is 2.35. The van der Waals surface area contributed by atoms with E-state index in [0.717, 1.165) is 23.3 Å². The summed E-state index contributed by atoms with van der Waals surface area (Å²) in [5, 5.41) is 12.9. The standard InChI is InChI=1S/C14H23NO2/c1-5-11(3)15-13(9-16)12-6-7-14(17-4)10(2)8-12/h6-8,11,13,15-16H,5,9H2,1-4H3. The number of ether oxygens (including phenoxy) is 1. The minimum atomic E-state index is -0.00504. The molecule has 1 rings (SSSR count). The molecule has 1 aromatic rings. The summed E-state index contributed by atoms with van der Waals surface area (Å²) in [5.74, 6) is 0.883. The molecule has 0 heterocycles. The van der Waals surface area contributed by atoms with Crippen LogP contribution in [0, 0.1) is 6.92 Å². The van der Waals surface area contributed by atoms with E-state index in [1.807, 2.05) is 19.1 Å². The Labute approximate surface area is 104 Å².